The largest absolute Gasteiger partial charge is 0.478 e. The lowest BCUT2D eigenvalue weighted by Crippen LogP contribution is -2.27. The maximum absolute atomic E-state index is 13.5. The van der Waals surface area contributed by atoms with Gasteiger partial charge in [0.2, 0.25) is 0 Å². The number of carboxylic acids is 2. The van der Waals surface area contributed by atoms with Crippen molar-refractivity contribution in [1.82, 2.24) is 0 Å². The highest BCUT2D eigenvalue weighted by Crippen LogP contribution is 2.47. The summed E-state index contributed by atoms with van der Waals surface area (Å²) in [7, 11) is 1.41. The van der Waals surface area contributed by atoms with E-state index < -0.39 is 46.3 Å². The van der Waals surface area contributed by atoms with E-state index in [1.54, 1.807) is 0 Å². The van der Waals surface area contributed by atoms with E-state index in [9.17, 15) is 33.0 Å². The van der Waals surface area contributed by atoms with Crippen LogP contribution in [0.3, 0.4) is 0 Å². The minimum Gasteiger partial charge on any atom is -0.478 e. The van der Waals surface area contributed by atoms with E-state index >= 15 is 0 Å². The number of allylic oxidation sites excluding steroid dienone is 3. The van der Waals surface area contributed by atoms with E-state index in [0.29, 0.717) is 5.57 Å². The summed E-state index contributed by atoms with van der Waals surface area (Å²) in [4.78, 5) is 24.0. The Hall–Kier alpha value is -2.87. The Morgan fingerprint density at radius 1 is 1.07 bits per heavy atom. The second kappa shape index (κ2) is 8.02. The number of carbonyl (C=O) groups is 2. The van der Waals surface area contributed by atoms with Gasteiger partial charge in [0.15, 0.2) is 0 Å². The SMILES string of the molecule is COCC=C1C(C)=C(C(=O)O)C(c2ccccc2C(F)(F)F)C(C(=O)O)=C1C. The molecule has 0 spiro atoms. The average Bonchev–Trinajstić information content (AvgIpc) is 2.59. The summed E-state index contributed by atoms with van der Waals surface area (Å²) in [6.45, 7) is 3.00. The standard InChI is InChI=1S/C20H19F3O5/c1-10-12(8-9-28-3)11(2)16(19(26)27)17(15(10)18(24)25)13-6-4-5-7-14(13)20(21,22)23/h4-8,17H,9H2,1-3H3,(H,24,25)(H,26,27). The number of carboxylic acid groups (broad SMARTS) is 2. The van der Waals surface area contributed by atoms with Crippen LogP contribution in [0.4, 0.5) is 13.2 Å². The molecule has 0 aromatic heterocycles. The highest BCUT2D eigenvalue weighted by molar-refractivity contribution is 6.00. The van der Waals surface area contributed by atoms with Crippen LogP contribution in [0.1, 0.15) is 30.9 Å². The first-order valence-electron chi connectivity index (χ1n) is 8.26. The normalized spacial score (nSPS) is 17.8. The lowest BCUT2D eigenvalue weighted by Gasteiger charge is -2.31. The van der Waals surface area contributed by atoms with Gasteiger partial charge in [0.05, 0.1) is 23.3 Å². The van der Waals surface area contributed by atoms with E-state index in [-0.39, 0.29) is 17.8 Å². The van der Waals surface area contributed by atoms with Crippen LogP contribution in [0.5, 0.6) is 0 Å². The van der Waals surface area contributed by atoms with Gasteiger partial charge in [-0.2, -0.15) is 13.2 Å². The van der Waals surface area contributed by atoms with Crippen LogP contribution in [0.15, 0.2) is 58.2 Å². The molecule has 1 aliphatic rings. The third-order valence-electron chi connectivity index (χ3n) is 4.69. The molecular formula is C20H19F3O5. The minimum atomic E-state index is -4.77. The first kappa shape index (κ1) is 21.4. The third kappa shape index (κ3) is 3.87. The Bertz CT molecular complexity index is 867. The van der Waals surface area contributed by atoms with Crippen LogP contribution in [-0.4, -0.2) is 35.9 Å². The van der Waals surface area contributed by atoms with Crippen molar-refractivity contribution >= 4 is 11.9 Å². The first-order chi connectivity index (χ1) is 13.0. The third-order valence-corrected chi connectivity index (χ3v) is 4.69. The number of rotatable bonds is 5. The molecule has 2 rings (SSSR count). The van der Waals surface area contributed by atoms with Gasteiger partial charge in [0, 0.05) is 13.0 Å². The van der Waals surface area contributed by atoms with Crippen LogP contribution < -0.4 is 0 Å². The minimum absolute atomic E-state index is 0.0909. The van der Waals surface area contributed by atoms with Gasteiger partial charge >= 0.3 is 18.1 Å². The van der Waals surface area contributed by atoms with Crippen LogP contribution in [0.2, 0.25) is 0 Å². The highest BCUT2D eigenvalue weighted by Gasteiger charge is 2.42. The van der Waals surface area contributed by atoms with Crippen LogP contribution >= 0.6 is 0 Å². The molecule has 0 aliphatic heterocycles. The van der Waals surface area contributed by atoms with Gasteiger partial charge in [0.25, 0.3) is 0 Å². The number of ether oxygens (including phenoxy) is 1. The van der Waals surface area contributed by atoms with Crippen molar-refractivity contribution < 1.29 is 37.7 Å². The lowest BCUT2D eigenvalue weighted by molar-refractivity contribution is -0.139. The zero-order valence-electron chi connectivity index (χ0n) is 15.4. The van der Waals surface area contributed by atoms with Crippen LogP contribution in [0, 0.1) is 0 Å². The summed E-state index contributed by atoms with van der Waals surface area (Å²) in [5.74, 6) is -4.52. The van der Waals surface area contributed by atoms with Gasteiger partial charge in [0.1, 0.15) is 0 Å². The average molecular weight is 396 g/mol. The number of alkyl halides is 3. The second-order valence-electron chi connectivity index (χ2n) is 6.28. The van der Waals surface area contributed by atoms with E-state index in [1.807, 2.05) is 0 Å². The summed E-state index contributed by atoms with van der Waals surface area (Å²) in [6, 6.07) is 4.43. The number of methoxy groups -OCH3 is 1. The van der Waals surface area contributed by atoms with Gasteiger partial charge in [-0.3, -0.25) is 0 Å². The van der Waals surface area contributed by atoms with E-state index in [2.05, 4.69) is 0 Å². The fraction of sp³-hybridized carbons (Fsp3) is 0.300. The lowest BCUT2D eigenvalue weighted by atomic mass is 9.72. The van der Waals surface area contributed by atoms with Crippen LogP contribution in [0.25, 0.3) is 0 Å². The number of halogens is 3. The molecule has 5 nitrogen and oxygen atoms in total. The van der Waals surface area contributed by atoms with Crippen molar-refractivity contribution in [2.45, 2.75) is 25.9 Å². The molecule has 8 heteroatoms. The van der Waals surface area contributed by atoms with Gasteiger partial charge < -0.3 is 14.9 Å². The molecule has 0 saturated carbocycles. The number of hydrogen-bond acceptors (Lipinski definition) is 3. The van der Waals surface area contributed by atoms with Gasteiger partial charge in [-0.1, -0.05) is 24.3 Å². The first-order valence-corrected chi connectivity index (χ1v) is 8.26. The van der Waals surface area contributed by atoms with E-state index in [1.165, 1.54) is 39.2 Å². The Morgan fingerprint density at radius 2 is 1.57 bits per heavy atom. The Balaban J connectivity index is 2.91. The summed E-state index contributed by atoms with van der Waals surface area (Å²) in [6.07, 6.45) is -3.25. The summed E-state index contributed by atoms with van der Waals surface area (Å²) >= 11 is 0. The molecule has 150 valence electrons. The molecule has 0 heterocycles. The van der Waals surface area contributed by atoms with Crippen molar-refractivity contribution in [3.8, 4) is 0 Å². The smallest absolute Gasteiger partial charge is 0.416 e. The van der Waals surface area contributed by atoms with Gasteiger partial charge in [-0.05, 0) is 42.2 Å². The predicted molar refractivity (Wildman–Crippen MR) is 94.8 cm³/mol. The molecule has 0 bridgehead atoms. The number of hydrogen-bond donors (Lipinski definition) is 2. The molecule has 2 N–H and O–H groups in total. The quantitative estimate of drug-likeness (QED) is 0.780. The van der Waals surface area contributed by atoms with E-state index in [0.717, 1.165) is 12.1 Å². The number of aliphatic carboxylic acids is 2. The van der Waals surface area contributed by atoms with Crippen molar-refractivity contribution in [3.05, 3.63) is 69.3 Å². The fourth-order valence-electron chi connectivity index (χ4n) is 3.51. The molecule has 1 aromatic carbocycles. The molecular weight excluding hydrogens is 377 g/mol. The molecule has 0 fully saturated rings. The zero-order valence-corrected chi connectivity index (χ0v) is 15.4. The van der Waals surface area contributed by atoms with Crippen molar-refractivity contribution in [3.63, 3.8) is 0 Å². The maximum atomic E-state index is 13.5. The molecule has 0 saturated heterocycles. The van der Waals surface area contributed by atoms with Crippen molar-refractivity contribution in [1.29, 1.82) is 0 Å². The summed E-state index contributed by atoms with van der Waals surface area (Å²) in [5, 5.41) is 19.5. The highest BCUT2D eigenvalue weighted by atomic mass is 19.4. The fourth-order valence-corrected chi connectivity index (χ4v) is 3.51. The molecule has 0 amide bonds. The van der Waals surface area contributed by atoms with Gasteiger partial charge in [-0.25, -0.2) is 9.59 Å². The van der Waals surface area contributed by atoms with Crippen LogP contribution in [-0.2, 0) is 20.5 Å². The molecule has 1 aromatic rings. The Labute approximate surface area is 159 Å². The van der Waals surface area contributed by atoms with Crippen molar-refractivity contribution in [2.24, 2.45) is 0 Å². The monoisotopic (exact) mass is 396 g/mol. The maximum Gasteiger partial charge on any atom is 0.416 e. The Morgan fingerprint density at radius 3 is 2.00 bits per heavy atom. The van der Waals surface area contributed by atoms with Crippen molar-refractivity contribution in [2.75, 3.05) is 13.7 Å². The summed E-state index contributed by atoms with van der Waals surface area (Å²) in [5.41, 5.74) is -1.54. The van der Waals surface area contributed by atoms with E-state index in [4.69, 9.17) is 4.74 Å². The molecule has 28 heavy (non-hydrogen) atoms. The molecule has 0 atom stereocenters. The predicted octanol–water partition coefficient (Wildman–Crippen LogP) is 4.18. The molecule has 1 aliphatic carbocycles. The van der Waals surface area contributed by atoms with Gasteiger partial charge in [-0.15, -0.1) is 0 Å². The number of benzene rings is 1. The molecule has 0 radical (unpaired) electrons. The molecule has 0 unspecified atom stereocenters. The second-order valence-corrected chi connectivity index (χ2v) is 6.28. The summed E-state index contributed by atoms with van der Waals surface area (Å²) < 4.78 is 45.6. The topological polar surface area (TPSA) is 83.8 Å². The Kier molecular flexibility index (Phi) is 6.14. The zero-order chi connectivity index (χ0) is 21.2.